The van der Waals surface area contributed by atoms with Gasteiger partial charge in [-0.15, -0.1) is 11.8 Å². The van der Waals surface area contributed by atoms with Crippen molar-refractivity contribution in [1.29, 1.82) is 0 Å². The van der Waals surface area contributed by atoms with Gasteiger partial charge >= 0.3 is 5.97 Å². The Morgan fingerprint density at radius 2 is 2.24 bits per heavy atom. The lowest BCUT2D eigenvalue weighted by atomic mass is 10.1. The molecule has 0 amide bonds. The van der Waals surface area contributed by atoms with Gasteiger partial charge in [-0.25, -0.2) is 0 Å². The van der Waals surface area contributed by atoms with Crippen molar-refractivity contribution in [2.45, 2.75) is 17.7 Å². The average Bonchev–Trinajstić information content (AvgIpc) is 2.64. The zero-order valence-electron chi connectivity index (χ0n) is 9.93. The maximum absolute atomic E-state index is 10.6. The van der Waals surface area contributed by atoms with Crippen LogP contribution in [0.25, 0.3) is 10.9 Å². The van der Waals surface area contributed by atoms with E-state index < -0.39 is 5.97 Å². The van der Waals surface area contributed by atoms with E-state index >= 15 is 0 Å². The predicted molar refractivity (Wildman–Crippen MR) is 70.7 cm³/mol. The van der Waals surface area contributed by atoms with Crippen molar-refractivity contribution in [2.75, 3.05) is 6.26 Å². The topological polar surface area (TPSA) is 42.2 Å². The number of carboxylic acids is 1. The number of aryl methyl sites for hydroxylation is 2. The molecule has 90 valence electrons. The summed E-state index contributed by atoms with van der Waals surface area (Å²) in [6.07, 6.45) is 4.86. The summed E-state index contributed by atoms with van der Waals surface area (Å²) in [5, 5.41) is 9.91. The van der Waals surface area contributed by atoms with Crippen molar-refractivity contribution in [3.8, 4) is 0 Å². The van der Waals surface area contributed by atoms with E-state index in [1.807, 2.05) is 19.3 Å². The van der Waals surface area contributed by atoms with Gasteiger partial charge in [0.05, 0.1) is 5.52 Å². The molecule has 2 rings (SSSR count). The highest BCUT2D eigenvalue weighted by molar-refractivity contribution is 7.98. The number of benzene rings is 1. The fourth-order valence-electron chi connectivity index (χ4n) is 2.12. The highest BCUT2D eigenvalue weighted by Gasteiger charge is 2.10. The summed E-state index contributed by atoms with van der Waals surface area (Å²) in [6, 6.07) is 6.18. The van der Waals surface area contributed by atoms with E-state index in [4.69, 9.17) is 5.11 Å². The fraction of sp³-hybridized carbons (Fsp3) is 0.308. The Morgan fingerprint density at radius 1 is 1.47 bits per heavy atom. The number of fused-ring (bicyclic) bond motifs is 1. The third kappa shape index (κ3) is 2.31. The van der Waals surface area contributed by atoms with E-state index in [9.17, 15) is 4.79 Å². The van der Waals surface area contributed by atoms with Gasteiger partial charge in [-0.05, 0) is 24.3 Å². The minimum absolute atomic E-state index is 0.183. The van der Waals surface area contributed by atoms with Crippen LogP contribution in [-0.2, 0) is 18.3 Å². The summed E-state index contributed by atoms with van der Waals surface area (Å²) < 4.78 is 2.08. The smallest absolute Gasteiger partial charge is 0.303 e. The Hall–Kier alpha value is -1.42. The van der Waals surface area contributed by atoms with Gasteiger partial charge in [-0.3, -0.25) is 4.79 Å². The minimum atomic E-state index is -0.747. The Bertz CT molecular complexity index is 560. The van der Waals surface area contributed by atoms with Crippen LogP contribution in [0.15, 0.2) is 29.3 Å². The van der Waals surface area contributed by atoms with Gasteiger partial charge in [0.25, 0.3) is 0 Å². The summed E-state index contributed by atoms with van der Waals surface area (Å²) in [5.41, 5.74) is 2.31. The third-order valence-electron chi connectivity index (χ3n) is 2.88. The van der Waals surface area contributed by atoms with E-state index in [1.54, 1.807) is 11.8 Å². The zero-order valence-corrected chi connectivity index (χ0v) is 10.8. The number of aromatic nitrogens is 1. The molecule has 0 aliphatic rings. The summed E-state index contributed by atoms with van der Waals surface area (Å²) in [6.45, 7) is 0. The normalized spacial score (nSPS) is 10.9. The number of hydrogen-bond donors (Lipinski definition) is 1. The van der Waals surface area contributed by atoms with Gasteiger partial charge in [-0.1, -0.05) is 12.1 Å². The van der Waals surface area contributed by atoms with Crippen LogP contribution < -0.4 is 0 Å². The maximum Gasteiger partial charge on any atom is 0.303 e. The van der Waals surface area contributed by atoms with Gasteiger partial charge < -0.3 is 9.67 Å². The summed E-state index contributed by atoms with van der Waals surface area (Å²) in [7, 11) is 2.01. The summed E-state index contributed by atoms with van der Waals surface area (Å²) >= 11 is 1.71. The number of thioether (sulfide) groups is 1. The van der Waals surface area contributed by atoms with Crippen LogP contribution in [0.3, 0.4) is 0 Å². The fourth-order valence-corrected chi connectivity index (χ4v) is 2.78. The Balaban J connectivity index is 2.48. The first-order valence-corrected chi connectivity index (χ1v) is 6.68. The number of rotatable bonds is 4. The third-order valence-corrected chi connectivity index (χ3v) is 3.64. The first-order valence-electron chi connectivity index (χ1n) is 5.46. The van der Waals surface area contributed by atoms with Crippen molar-refractivity contribution in [2.24, 2.45) is 7.05 Å². The van der Waals surface area contributed by atoms with Gasteiger partial charge in [0.15, 0.2) is 0 Å². The number of para-hydroxylation sites is 1. The van der Waals surface area contributed by atoms with Crippen LogP contribution in [-0.4, -0.2) is 21.9 Å². The molecule has 17 heavy (non-hydrogen) atoms. The molecule has 0 bridgehead atoms. The summed E-state index contributed by atoms with van der Waals surface area (Å²) in [5.74, 6) is -0.747. The Labute approximate surface area is 104 Å². The zero-order chi connectivity index (χ0) is 12.4. The Kier molecular flexibility index (Phi) is 3.43. The maximum atomic E-state index is 10.6. The molecule has 0 aliphatic heterocycles. The van der Waals surface area contributed by atoms with Gasteiger partial charge in [0.1, 0.15) is 0 Å². The largest absolute Gasteiger partial charge is 0.481 e. The lowest BCUT2D eigenvalue weighted by Crippen LogP contribution is -1.96. The number of hydrogen-bond acceptors (Lipinski definition) is 2. The van der Waals surface area contributed by atoms with Crippen molar-refractivity contribution < 1.29 is 9.90 Å². The molecule has 0 saturated carbocycles. The molecule has 1 N–H and O–H groups in total. The number of carboxylic acid groups (broad SMARTS) is 1. The molecule has 0 fully saturated rings. The van der Waals surface area contributed by atoms with Crippen LogP contribution in [0.1, 0.15) is 12.0 Å². The van der Waals surface area contributed by atoms with E-state index in [-0.39, 0.29) is 6.42 Å². The van der Waals surface area contributed by atoms with Gasteiger partial charge in [0, 0.05) is 29.9 Å². The molecule has 1 aromatic heterocycles. The van der Waals surface area contributed by atoms with E-state index in [1.165, 1.54) is 15.8 Å². The van der Waals surface area contributed by atoms with Gasteiger partial charge in [0.2, 0.25) is 0 Å². The molecule has 2 aromatic rings. The molecule has 0 spiro atoms. The quantitative estimate of drug-likeness (QED) is 0.847. The Morgan fingerprint density at radius 3 is 2.88 bits per heavy atom. The molecule has 0 atom stereocenters. The average molecular weight is 249 g/mol. The minimum Gasteiger partial charge on any atom is -0.481 e. The van der Waals surface area contributed by atoms with Crippen LogP contribution in [0.4, 0.5) is 0 Å². The summed E-state index contributed by atoms with van der Waals surface area (Å²) in [4.78, 5) is 11.9. The molecule has 0 saturated heterocycles. The molecule has 0 unspecified atom stereocenters. The molecule has 1 heterocycles. The highest BCUT2D eigenvalue weighted by atomic mass is 32.2. The predicted octanol–water partition coefficient (Wildman–Crippen LogP) is 2.92. The number of nitrogens with zero attached hydrogens (tertiary/aromatic N) is 1. The second kappa shape index (κ2) is 4.84. The van der Waals surface area contributed by atoms with Crippen molar-refractivity contribution in [3.63, 3.8) is 0 Å². The first kappa shape index (κ1) is 12.0. The molecule has 3 nitrogen and oxygen atoms in total. The molecule has 1 aromatic carbocycles. The van der Waals surface area contributed by atoms with E-state index in [2.05, 4.69) is 23.0 Å². The lowest BCUT2D eigenvalue weighted by molar-refractivity contribution is -0.136. The van der Waals surface area contributed by atoms with E-state index in [0.29, 0.717) is 6.42 Å². The second-order valence-corrected chi connectivity index (χ2v) is 4.86. The first-order chi connectivity index (χ1) is 8.13. The van der Waals surface area contributed by atoms with Crippen molar-refractivity contribution in [3.05, 3.63) is 30.0 Å². The number of aliphatic carboxylic acids is 1. The standard InChI is InChI=1S/C13H15NO2S/c1-14-8-9(6-7-12(15)16)10-4-3-5-11(17-2)13(10)14/h3-5,8H,6-7H2,1-2H3,(H,15,16). The van der Waals surface area contributed by atoms with Gasteiger partial charge in [-0.2, -0.15) is 0 Å². The second-order valence-electron chi connectivity index (χ2n) is 4.02. The number of carbonyl (C=O) groups is 1. The van der Waals surface area contributed by atoms with Crippen LogP contribution in [0.5, 0.6) is 0 Å². The molecule has 0 radical (unpaired) electrons. The highest BCUT2D eigenvalue weighted by Crippen LogP contribution is 2.29. The SMILES string of the molecule is CSc1cccc2c(CCC(=O)O)cn(C)c12. The molecular formula is C13H15NO2S. The van der Waals surface area contributed by atoms with Crippen LogP contribution >= 0.6 is 11.8 Å². The van der Waals surface area contributed by atoms with E-state index in [0.717, 1.165) is 5.56 Å². The monoisotopic (exact) mass is 249 g/mol. The van der Waals surface area contributed by atoms with Crippen molar-refractivity contribution in [1.82, 2.24) is 4.57 Å². The van der Waals surface area contributed by atoms with Crippen molar-refractivity contribution >= 4 is 28.6 Å². The lowest BCUT2D eigenvalue weighted by Gasteiger charge is -2.02. The van der Waals surface area contributed by atoms with Crippen LogP contribution in [0, 0.1) is 0 Å². The molecule has 4 heteroatoms. The van der Waals surface area contributed by atoms with Crippen LogP contribution in [0.2, 0.25) is 0 Å². The molecular weight excluding hydrogens is 234 g/mol. The molecule has 0 aliphatic carbocycles.